The molecular weight excluding hydrogens is 496 g/mol. The third kappa shape index (κ3) is 5.85. The highest BCUT2D eigenvalue weighted by Crippen LogP contribution is 2.62. The molecule has 2 amide bonds. The molecule has 3 aliphatic rings. The van der Waals surface area contributed by atoms with Crippen molar-refractivity contribution < 1.29 is 29.3 Å². The average Bonchev–Trinajstić information content (AvgIpc) is 3.29. The van der Waals surface area contributed by atoms with E-state index in [2.05, 4.69) is 29.0 Å². The van der Waals surface area contributed by atoms with E-state index in [1.165, 1.54) is 17.4 Å². The van der Waals surface area contributed by atoms with Crippen molar-refractivity contribution >= 4 is 28.5 Å². The first-order valence-electron chi connectivity index (χ1n) is 13.1. The van der Waals surface area contributed by atoms with Crippen LogP contribution in [-0.2, 0) is 20.7 Å². The van der Waals surface area contributed by atoms with Crippen molar-refractivity contribution in [2.75, 3.05) is 57.9 Å². The van der Waals surface area contributed by atoms with Crippen LogP contribution in [0.2, 0.25) is 0 Å². The molecule has 4 rings (SSSR count). The largest absolute Gasteiger partial charge is 0.445 e. The van der Waals surface area contributed by atoms with E-state index in [1.807, 2.05) is 6.92 Å². The van der Waals surface area contributed by atoms with Gasteiger partial charge in [-0.1, -0.05) is 26.5 Å². The van der Waals surface area contributed by atoms with Gasteiger partial charge >= 0.3 is 6.09 Å². The lowest BCUT2D eigenvalue weighted by molar-refractivity contribution is -0.144. The number of fused-ring (bicyclic) bond motifs is 2. The summed E-state index contributed by atoms with van der Waals surface area (Å²) in [7, 11) is 0. The number of morpholine rings is 1. The Kier molecular flexibility index (Phi) is 8.90. The standard InChI is InChI=1S/C26H40N4O6S/c1-4-11-36-24(34)29-23-28-22-17(14-21(33)27-7-8-30-9-12-35-13-10-30)25(2)6-5-20(32)26(3,16-31)19(25)15-18(22)37-23/h4,17,19-20,31-32H,1,5-16H2,2-3H3,(H,27,33)(H,28,29,34)/t17-,19+,20-,25+,26+/m1/s1. The number of thiazole rings is 1. The molecule has 37 heavy (non-hydrogen) atoms. The SMILES string of the molecule is C=CCOC(=O)Nc1nc2c(s1)C[C@@H]1[C@](C)(CO)[C@H](O)CC[C@@]1(C)[C@@H]2CC(=O)NCCN1CCOCC1. The second-order valence-electron chi connectivity index (χ2n) is 10.9. The number of ether oxygens (including phenoxy) is 2. The zero-order chi connectivity index (χ0) is 26.6. The van der Waals surface area contributed by atoms with Crippen molar-refractivity contribution in [1.29, 1.82) is 0 Å². The van der Waals surface area contributed by atoms with Crippen molar-refractivity contribution in [2.24, 2.45) is 16.7 Å². The predicted molar refractivity (Wildman–Crippen MR) is 141 cm³/mol. The van der Waals surface area contributed by atoms with Gasteiger partial charge in [-0.15, -0.1) is 11.3 Å². The van der Waals surface area contributed by atoms with Crippen LogP contribution in [0.5, 0.6) is 0 Å². The van der Waals surface area contributed by atoms with Gasteiger partial charge in [-0.3, -0.25) is 15.0 Å². The molecule has 0 unspecified atom stereocenters. The summed E-state index contributed by atoms with van der Waals surface area (Å²) < 4.78 is 10.4. The molecule has 1 saturated carbocycles. The Labute approximate surface area is 222 Å². The zero-order valence-electron chi connectivity index (χ0n) is 21.8. The smallest absolute Gasteiger partial charge is 0.413 e. The molecule has 2 heterocycles. The molecule has 2 fully saturated rings. The van der Waals surface area contributed by atoms with E-state index in [9.17, 15) is 19.8 Å². The molecule has 206 valence electrons. The highest BCUT2D eigenvalue weighted by atomic mass is 32.1. The number of carbonyl (C=O) groups excluding carboxylic acids is 2. The number of nitrogens with one attached hydrogen (secondary N) is 2. The van der Waals surface area contributed by atoms with E-state index in [0.717, 1.165) is 49.8 Å². The first kappa shape index (κ1) is 28.0. The molecule has 1 aromatic heterocycles. The van der Waals surface area contributed by atoms with Crippen molar-refractivity contribution in [3.63, 3.8) is 0 Å². The number of amides is 2. The molecular formula is C26H40N4O6S. The number of aliphatic hydroxyl groups excluding tert-OH is 2. The van der Waals surface area contributed by atoms with Gasteiger partial charge in [-0.2, -0.15) is 0 Å². The maximum atomic E-state index is 13.2. The van der Waals surface area contributed by atoms with Gasteiger partial charge in [0.1, 0.15) is 6.61 Å². The molecule has 10 nitrogen and oxygen atoms in total. The molecule has 1 aliphatic heterocycles. The normalized spacial score (nSPS) is 31.6. The molecule has 1 aromatic rings. The van der Waals surface area contributed by atoms with Crippen molar-refractivity contribution in [3.05, 3.63) is 23.2 Å². The molecule has 11 heteroatoms. The molecule has 5 atom stereocenters. The zero-order valence-corrected chi connectivity index (χ0v) is 22.6. The number of anilines is 1. The Balaban J connectivity index is 1.55. The van der Waals surface area contributed by atoms with Crippen LogP contribution >= 0.6 is 11.3 Å². The van der Waals surface area contributed by atoms with Crippen LogP contribution in [0.1, 0.15) is 49.6 Å². The van der Waals surface area contributed by atoms with Crippen LogP contribution in [0.15, 0.2) is 12.7 Å². The second kappa shape index (κ2) is 11.8. The van der Waals surface area contributed by atoms with Crippen molar-refractivity contribution in [1.82, 2.24) is 15.2 Å². The van der Waals surface area contributed by atoms with Crippen LogP contribution in [0.4, 0.5) is 9.93 Å². The topological polar surface area (TPSA) is 133 Å². The minimum Gasteiger partial charge on any atom is -0.445 e. The molecule has 0 radical (unpaired) electrons. The van der Waals surface area contributed by atoms with Gasteiger partial charge < -0.3 is 25.0 Å². The first-order valence-corrected chi connectivity index (χ1v) is 13.9. The third-order valence-corrected chi connectivity index (χ3v) is 9.69. The van der Waals surface area contributed by atoms with Crippen molar-refractivity contribution in [3.8, 4) is 0 Å². The van der Waals surface area contributed by atoms with Gasteiger partial charge in [0.2, 0.25) is 5.91 Å². The van der Waals surface area contributed by atoms with Crippen LogP contribution in [0.25, 0.3) is 0 Å². The lowest BCUT2D eigenvalue weighted by atomic mass is 9.47. The van der Waals surface area contributed by atoms with Crippen LogP contribution in [-0.4, -0.2) is 90.8 Å². The number of rotatable bonds is 9. The first-order chi connectivity index (χ1) is 17.7. The van der Waals surface area contributed by atoms with E-state index in [1.54, 1.807) is 0 Å². The third-order valence-electron chi connectivity index (χ3n) is 8.68. The summed E-state index contributed by atoms with van der Waals surface area (Å²) in [5.41, 5.74) is -0.223. The Morgan fingerprint density at radius 2 is 2.11 bits per heavy atom. The summed E-state index contributed by atoms with van der Waals surface area (Å²) in [6, 6.07) is 0. The summed E-state index contributed by atoms with van der Waals surface area (Å²) in [4.78, 5) is 33.4. The van der Waals surface area contributed by atoms with Crippen LogP contribution in [0, 0.1) is 16.7 Å². The van der Waals surface area contributed by atoms with Crippen LogP contribution < -0.4 is 10.6 Å². The quantitative estimate of drug-likeness (QED) is 0.353. The van der Waals surface area contributed by atoms with E-state index in [4.69, 9.17) is 14.5 Å². The van der Waals surface area contributed by atoms with Gasteiger partial charge in [-0.05, 0) is 30.6 Å². The number of aliphatic hydroxyl groups is 2. The lowest BCUT2D eigenvalue weighted by Crippen LogP contribution is -2.57. The predicted octanol–water partition coefficient (Wildman–Crippen LogP) is 2.13. The summed E-state index contributed by atoms with van der Waals surface area (Å²) in [5.74, 6) is -0.303. The summed E-state index contributed by atoms with van der Waals surface area (Å²) >= 11 is 1.37. The Morgan fingerprint density at radius 3 is 2.81 bits per heavy atom. The number of nitrogens with zero attached hydrogens (tertiary/aromatic N) is 2. The van der Waals surface area contributed by atoms with Gasteiger partial charge in [0.05, 0.1) is 31.6 Å². The summed E-state index contributed by atoms with van der Waals surface area (Å²) in [6.07, 6.45) is 2.41. The number of carbonyl (C=O) groups is 2. The molecule has 0 aromatic carbocycles. The molecule has 4 N–H and O–H groups in total. The molecule has 0 bridgehead atoms. The maximum Gasteiger partial charge on any atom is 0.413 e. The maximum absolute atomic E-state index is 13.2. The Bertz CT molecular complexity index is 982. The fourth-order valence-corrected chi connectivity index (χ4v) is 7.45. The minimum atomic E-state index is -0.698. The van der Waals surface area contributed by atoms with Gasteiger partial charge in [0, 0.05) is 48.8 Å². The van der Waals surface area contributed by atoms with Gasteiger partial charge in [0.25, 0.3) is 0 Å². The monoisotopic (exact) mass is 536 g/mol. The van der Waals surface area contributed by atoms with E-state index >= 15 is 0 Å². The van der Waals surface area contributed by atoms with E-state index < -0.39 is 17.6 Å². The molecule has 1 saturated heterocycles. The molecule has 0 spiro atoms. The number of hydrogen-bond acceptors (Lipinski definition) is 9. The molecule has 2 aliphatic carbocycles. The van der Waals surface area contributed by atoms with E-state index in [-0.39, 0.29) is 42.8 Å². The van der Waals surface area contributed by atoms with Gasteiger partial charge in [-0.25, -0.2) is 9.78 Å². The van der Waals surface area contributed by atoms with Crippen LogP contribution in [0.3, 0.4) is 0 Å². The highest BCUT2D eigenvalue weighted by molar-refractivity contribution is 7.15. The van der Waals surface area contributed by atoms with Crippen molar-refractivity contribution in [2.45, 2.75) is 51.6 Å². The number of hydrogen-bond donors (Lipinski definition) is 4. The minimum absolute atomic E-state index is 0.0455. The number of aromatic nitrogens is 1. The second-order valence-corrected chi connectivity index (χ2v) is 12.0. The van der Waals surface area contributed by atoms with E-state index in [0.29, 0.717) is 24.5 Å². The fourth-order valence-electron chi connectivity index (χ4n) is 6.39. The fraction of sp³-hybridized carbons (Fsp3) is 0.731. The Morgan fingerprint density at radius 1 is 1.35 bits per heavy atom. The Hall–Kier alpha value is -2.05. The average molecular weight is 537 g/mol. The van der Waals surface area contributed by atoms with Gasteiger partial charge in [0.15, 0.2) is 5.13 Å². The summed E-state index contributed by atoms with van der Waals surface area (Å²) in [5, 5.41) is 27.5. The summed E-state index contributed by atoms with van der Waals surface area (Å²) in [6.45, 7) is 12.1. The lowest BCUT2D eigenvalue weighted by Gasteiger charge is -2.58. The highest BCUT2D eigenvalue weighted by Gasteiger charge is 2.59.